The maximum atomic E-state index is 12.6. The zero-order chi connectivity index (χ0) is 22.8. The first kappa shape index (κ1) is 26.3. The van der Waals surface area contributed by atoms with Crippen molar-refractivity contribution in [1.29, 1.82) is 0 Å². The molecule has 1 atom stereocenters. The zero-order valence-corrected chi connectivity index (χ0v) is 20.6. The van der Waals surface area contributed by atoms with Gasteiger partial charge in [-0.05, 0) is 78.5 Å². The number of ether oxygens (including phenoxy) is 3. The number of hydrogen-bond donors (Lipinski definition) is 1. The first-order valence-electron chi connectivity index (χ1n) is 10.4. The second kappa shape index (κ2) is 12.2. The summed E-state index contributed by atoms with van der Waals surface area (Å²) in [7, 11) is 0. The molecule has 0 aliphatic heterocycles. The highest BCUT2D eigenvalue weighted by Crippen LogP contribution is 2.17. The van der Waals surface area contributed by atoms with Gasteiger partial charge in [0.15, 0.2) is 0 Å². The van der Waals surface area contributed by atoms with Crippen LogP contribution in [0.5, 0.6) is 5.75 Å². The van der Waals surface area contributed by atoms with E-state index in [0.29, 0.717) is 13.0 Å². The molecule has 1 amide bonds. The Bertz CT molecular complexity index is 662. The molecule has 6 nitrogen and oxygen atoms in total. The first-order valence-corrected chi connectivity index (χ1v) is 11.5. The van der Waals surface area contributed by atoms with Gasteiger partial charge in [-0.2, -0.15) is 0 Å². The number of unbranched alkanes of at least 4 members (excludes halogenated alkanes) is 2. The molecule has 0 radical (unpaired) electrons. The van der Waals surface area contributed by atoms with Crippen LogP contribution in [-0.4, -0.2) is 41.2 Å². The molecule has 1 N–H and O–H groups in total. The molecule has 0 fully saturated rings. The Kier molecular flexibility index (Phi) is 10.7. The molecule has 1 rings (SSSR count). The van der Waals surface area contributed by atoms with E-state index in [1.165, 1.54) is 0 Å². The van der Waals surface area contributed by atoms with Crippen LogP contribution in [0.25, 0.3) is 0 Å². The van der Waals surface area contributed by atoms with Crippen LogP contribution in [0.4, 0.5) is 4.79 Å². The fraction of sp³-hybridized carbons (Fsp3) is 0.652. The van der Waals surface area contributed by atoms with Crippen molar-refractivity contribution in [1.82, 2.24) is 5.32 Å². The lowest BCUT2D eigenvalue weighted by molar-refractivity contribution is -0.157. The highest BCUT2D eigenvalue weighted by Gasteiger charge is 2.28. The Morgan fingerprint density at radius 2 is 1.53 bits per heavy atom. The minimum Gasteiger partial charge on any atom is -0.494 e. The molecule has 0 spiro atoms. The van der Waals surface area contributed by atoms with Gasteiger partial charge < -0.3 is 19.5 Å². The Hall–Kier alpha value is -1.76. The van der Waals surface area contributed by atoms with E-state index < -0.39 is 29.3 Å². The van der Waals surface area contributed by atoms with Crippen molar-refractivity contribution in [2.24, 2.45) is 0 Å². The van der Waals surface area contributed by atoms with E-state index in [9.17, 15) is 9.59 Å². The highest BCUT2D eigenvalue weighted by atomic mass is 79.9. The van der Waals surface area contributed by atoms with Gasteiger partial charge in [0.25, 0.3) is 0 Å². The average Bonchev–Trinajstić information content (AvgIpc) is 2.59. The monoisotopic (exact) mass is 485 g/mol. The minimum atomic E-state index is -0.852. The van der Waals surface area contributed by atoms with Crippen molar-refractivity contribution < 1.29 is 23.8 Å². The second-order valence-corrected chi connectivity index (χ2v) is 9.97. The summed E-state index contributed by atoms with van der Waals surface area (Å²) in [4.78, 5) is 24.9. The molecule has 0 aliphatic carbocycles. The smallest absolute Gasteiger partial charge is 0.408 e. The summed E-state index contributed by atoms with van der Waals surface area (Å²) >= 11 is 3.42. The van der Waals surface area contributed by atoms with Crippen molar-refractivity contribution in [3.63, 3.8) is 0 Å². The molecule has 1 aromatic rings. The average molecular weight is 486 g/mol. The largest absolute Gasteiger partial charge is 0.494 e. The van der Waals surface area contributed by atoms with Crippen LogP contribution in [0, 0.1) is 0 Å². The van der Waals surface area contributed by atoms with Gasteiger partial charge in [0.05, 0.1) is 6.61 Å². The van der Waals surface area contributed by atoms with Gasteiger partial charge >= 0.3 is 12.1 Å². The van der Waals surface area contributed by atoms with E-state index in [-0.39, 0.29) is 0 Å². The fourth-order valence-corrected chi connectivity index (χ4v) is 2.93. The fourth-order valence-electron chi connectivity index (χ4n) is 2.54. The topological polar surface area (TPSA) is 73.9 Å². The normalized spacial score (nSPS) is 12.8. The molecule has 0 heterocycles. The lowest BCUT2D eigenvalue weighted by atomic mass is 10.1. The lowest BCUT2D eigenvalue weighted by Gasteiger charge is -2.26. The van der Waals surface area contributed by atoms with Crippen molar-refractivity contribution in [3.05, 3.63) is 29.8 Å². The maximum absolute atomic E-state index is 12.6. The summed E-state index contributed by atoms with van der Waals surface area (Å²) in [6.07, 6.45) is 2.91. The van der Waals surface area contributed by atoms with Gasteiger partial charge in [-0.3, -0.25) is 0 Å². The Morgan fingerprint density at radius 1 is 0.933 bits per heavy atom. The van der Waals surface area contributed by atoms with E-state index in [0.717, 1.165) is 35.9 Å². The van der Waals surface area contributed by atoms with Crippen LogP contribution in [0.15, 0.2) is 24.3 Å². The minimum absolute atomic E-state index is 0.291. The number of benzene rings is 1. The number of alkyl carbamates (subject to hydrolysis) is 1. The zero-order valence-electron chi connectivity index (χ0n) is 19.0. The summed E-state index contributed by atoms with van der Waals surface area (Å²) in [6.45, 7) is 11.4. The predicted octanol–water partition coefficient (Wildman–Crippen LogP) is 5.41. The van der Waals surface area contributed by atoms with E-state index in [1.54, 1.807) is 41.5 Å². The first-order chi connectivity index (χ1) is 13.9. The Labute approximate surface area is 189 Å². The van der Waals surface area contributed by atoms with Crippen LogP contribution in [0.2, 0.25) is 0 Å². The van der Waals surface area contributed by atoms with E-state index in [2.05, 4.69) is 21.2 Å². The predicted molar refractivity (Wildman–Crippen MR) is 122 cm³/mol. The van der Waals surface area contributed by atoms with Gasteiger partial charge in [-0.25, -0.2) is 9.59 Å². The molecule has 0 aromatic heterocycles. The summed E-state index contributed by atoms with van der Waals surface area (Å²) in [5.74, 6) is 0.284. The third-order valence-corrected chi connectivity index (χ3v) is 4.35. The summed E-state index contributed by atoms with van der Waals surface area (Å²) in [5.41, 5.74) is -0.429. The van der Waals surface area contributed by atoms with Gasteiger partial charge in [0.2, 0.25) is 0 Å². The molecule has 0 unspecified atom stereocenters. The van der Waals surface area contributed by atoms with Crippen LogP contribution in [-0.2, 0) is 20.7 Å². The number of halogens is 1. The number of nitrogens with one attached hydrogen (secondary N) is 1. The highest BCUT2D eigenvalue weighted by molar-refractivity contribution is 9.09. The molecule has 30 heavy (non-hydrogen) atoms. The molecule has 0 saturated carbocycles. The van der Waals surface area contributed by atoms with Gasteiger partial charge in [-0.1, -0.05) is 28.1 Å². The molecule has 1 aromatic carbocycles. The number of alkyl halides is 1. The molecule has 0 saturated heterocycles. The Morgan fingerprint density at radius 3 is 2.07 bits per heavy atom. The standard InChI is InChI=1S/C23H36BrNO5/c1-22(2,3)29-20(26)19(25-21(27)30-23(4,5)6)16-17-10-12-18(13-11-17)28-15-9-7-8-14-24/h10-13,19H,7-9,14-16H2,1-6H3,(H,25,27)/t19-/m0/s1. The van der Waals surface area contributed by atoms with Crippen LogP contribution in [0.3, 0.4) is 0 Å². The SMILES string of the molecule is CC(C)(C)OC(=O)N[C@@H](Cc1ccc(OCCCCCBr)cc1)C(=O)OC(C)(C)C. The molecule has 170 valence electrons. The van der Waals surface area contributed by atoms with Crippen molar-refractivity contribution >= 4 is 28.0 Å². The summed E-state index contributed by atoms with van der Waals surface area (Å²) in [6, 6.07) is 6.68. The number of amides is 1. The van der Waals surface area contributed by atoms with Crippen molar-refractivity contribution in [2.45, 2.75) is 84.5 Å². The van der Waals surface area contributed by atoms with Crippen LogP contribution < -0.4 is 10.1 Å². The molecular formula is C23H36BrNO5. The summed E-state index contributed by atoms with van der Waals surface area (Å²) < 4.78 is 16.5. The third-order valence-electron chi connectivity index (χ3n) is 3.79. The van der Waals surface area contributed by atoms with E-state index in [4.69, 9.17) is 14.2 Å². The van der Waals surface area contributed by atoms with E-state index in [1.807, 2.05) is 24.3 Å². The summed E-state index contributed by atoms with van der Waals surface area (Å²) in [5, 5.41) is 3.65. The number of rotatable bonds is 10. The van der Waals surface area contributed by atoms with Gasteiger partial charge in [0.1, 0.15) is 23.0 Å². The van der Waals surface area contributed by atoms with Crippen molar-refractivity contribution in [2.75, 3.05) is 11.9 Å². The van der Waals surface area contributed by atoms with Gasteiger partial charge in [-0.15, -0.1) is 0 Å². The second-order valence-electron chi connectivity index (χ2n) is 9.18. The Balaban J connectivity index is 2.75. The molecular weight excluding hydrogens is 450 g/mol. The lowest BCUT2D eigenvalue weighted by Crippen LogP contribution is -2.47. The van der Waals surface area contributed by atoms with E-state index >= 15 is 0 Å². The van der Waals surface area contributed by atoms with Crippen LogP contribution >= 0.6 is 15.9 Å². The molecule has 0 aliphatic rings. The maximum Gasteiger partial charge on any atom is 0.408 e. The van der Waals surface area contributed by atoms with Gasteiger partial charge in [0, 0.05) is 11.8 Å². The quantitative estimate of drug-likeness (QED) is 0.272. The number of carbonyl (C=O) groups excluding carboxylic acids is 2. The third kappa shape index (κ3) is 12.1. The number of esters is 1. The van der Waals surface area contributed by atoms with Crippen molar-refractivity contribution in [3.8, 4) is 5.75 Å². The number of hydrogen-bond acceptors (Lipinski definition) is 5. The molecule has 7 heteroatoms. The number of carbonyl (C=O) groups is 2. The molecule has 0 bridgehead atoms. The van der Waals surface area contributed by atoms with Crippen LogP contribution in [0.1, 0.15) is 66.4 Å².